The zero-order chi connectivity index (χ0) is 9.26. The molecule has 0 fully saturated rings. The molecule has 0 spiro atoms. The van der Waals surface area contributed by atoms with Gasteiger partial charge >= 0.3 is 0 Å². The van der Waals surface area contributed by atoms with E-state index in [0.717, 1.165) is 23.4 Å². The van der Waals surface area contributed by atoms with Gasteiger partial charge in [0.15, 0.2) is 0 Å². The molecule has 1 heterocycles. The minimum Gasteiger partial charge on any atom is -0.491 e. The standard InChI is InChI=1S/C10H13NO2/c1-8-4-2-5-9-10(8)13-7-3-6-11(9)12/h2,4-5,12H,3,6-7H2,1H3. The molecule has 70 valence electrons. The fourth-order valence-corrected chi connectivity index (χ4v) is 1.54. The molecule has 0 amide bonds. The summed E-state index contributed by atoms with van der Waals surface area (Å²) in [7, 11) is 0. The van der Waals surface area contributed by atoms with Crippen LogP contribution in [-0.4, -0.2) is 18.4 Å². The first-order valence-corrected chi connectivity index (χ1v) is 4.48. The van der Waals surface area contributed by atoms with Crippen molar-refractivity contribution in [1.82, 2.24) is 0 Å². The number of hydrogen-bond donors (Lipinski definition) is 1. The van der Waals surface area contributed by atoms with Crippen LogP contribution >= 0.6 is 0 Å². The van der Waals surface area contributed by atoms with Crippen LogP contribution in [0.15, 0.2) is 18.2 Å². The summed E-state index contributed by atoms with van der Waals surface area (Å²) in [6.45, 7) is 3.30. The van der Waals surface area contributed by atoms with E-state index in [-0.39, 0.29) is 0 Å². The van der Waals surface area contributed by atoms with Crippen molar-refractivity contribution in [3.63, 3.8) is 0 Å². The number of anilines is 1. The Hall–Kier alpha value is -1.22. The smallest absolute Gasteiger partial charge is 0.147 e. The van der Waals surface area contributed by atoms with Crippen LogP contribution in [0.1, 0.15) is 12.0 Å². The number of aryl methyl sites for hydroxylation is 1. The van der Waals surface area contributed by atoms with Crippen LogP contribution in [0.25, 0.3) is 0 Å². The third-order valence-corrected chi connectivity index (χ3v) is 2.23. The molecular weight excluding hydrogens is 166 g/mol. The van der Waals surface area contributed by atoms with Crippen LogP contribution in [0.3, 0.4) is 0 Å². The molecule has 0 saturated carbocycles. The van der Waals surface area contributed by atoms with Crippen molar-refractivity contribution in [2.24, 2.45) is 0 Å². The molecular formula is C10H13NO2. The summed E-state index contributed by atoms with van der Waals surface area (Å²) in [4.78, 5) is 0. The molecule has 0 bridgehead atoms. The minimum absolute atomic E-state index is 0.635. The van der Waals surface area contributed by atoms with E-state index in [4.69, 9.17) is 4.74 Å². The molecule has 1 aromatic carbocycles. The van der Waals surface area contributed by atoms with Gasteiger partial charge in [-0.3, -0.25) is 10.3 Å². The minimum atomic E-state index is 0.635. The Morgan fingerprint density at radius 2 is 2.31 bits per heavy atom. The van der Waals surface area contributed by atoms with Crippen molar-refractivity contribution in [1.29, 1.82) is 0 Å². The van der Waals surface area contributed by atoms with Crippen LogP contribution in [-0.2, 0) is 0 Å². The van der Waals surface area contributed by atoms with Gasteiger partial charge in [0.1, 0.15) is 11.4 Å². The maximum Gasteiger partial charge on any atom is 0.147 e. The van der Waals surface area contributed by atoms with Crippen molar-refractivity contribution in [3.8, 4) is 5.75 Å². The SMILES string of the molecule is Cc1cccc2c1OCCCN2O. The van der Waals surface area contributed by atoms with Gasteiger partial charge in [-0.1, -0.05) is 12.1 Å². The van der Waals surface area contributed by atoms with Crippen LogP contribution in [0.4, 0.5) is 5.69 Å². The summed E-state index contributed by atoms with van der Waals surface area (Å²) in [5.41, 5.74) is 1.84. The first-order valence-electron chi connectivity index (χ1n) is 4.48. The van der Waals surface area contributed by atoms with Crippen molar-refractivity contribution >= 4 is 5.69 Å². The number of rotatable bonds is 0. The van der Waals surface area contributed by atoms with Gasteiger partial charge < -0.3 is 4.74 Å². The Morgan fingerprint density at radius 1 is 1.46 bits per heavy atom. The van der Waals surface area contributed by atoms with Gasteiger partial charge in [-0.15, -0.1) is 0 Å². The first kappa shape index (κ1) is 8.38. The number of fused-ring (bicyclic) bond motifs is 1. The lowest BCUT2D eigenvalue weighted by molar-refractivity contribution is 0.252. The van der Waals surface area contributed by atoms with Gasteiger partial charge in [-0.2, -0.15) is 0 Å². The maximum absolute atomic E-state index is 9.62. The Balaban J connectivity index is 2.47. The summed E-state index contributed by atoms with van der Waals surface area (Å²) in [5.74, 6) is 0.808. The Morgan fingerprint density at radius 3 is 3.15 bits per heavy atom. The molecule has 1 aliphatic rings. The topological polar surface area (TPSA) is 32.7 Å². The Kier molecular flexibility index (Phi) is 2.10. The molecule has 0 aromatic heterocycles. The molecule has 3 nitrogen and oxygen atoms in total. The average Bonchev–Trinajstić information content (AvgIpc) is 2.30. The molecule has 0 unspecified atom stereocenters. The zero-order valence-corrected chi connectivity index (χ0v) is 7.66. The number of ether oxygens (including phenoxy) is 1. The van der Waals surface area contributed by atoms with Crippen LogP contribution < -0.4 is 9.80 Å². The second-order valence-corrected chi connectivity index (χ2v) is 3.25. The highest BCUT2D eigenvalue weighted by atomic mass is 16.5. The Labute approximate surface area is 77.5 Å². The number of para-hydroxylation sites is 1. The maximum atomic E-state index is 9.62. The molecule has 0 saturated heterocycles. The second-order valence-electron chi connectivity index (χ2n) is 3.25. The highest BCUT2D eigenvalue weighted by Crippen LogP contribution is 2.32. The third kappa shape index (κ3) is 1.47. The second kappa shape index (κ2) is 3.26. The van der Waals surface area contributed by atoms with E-state index in [2.05, 4.69) is 0 Å². The van der Waals surface area contributed by atoms with Gasteiger partial charge in [0, 0.05) is 13.0 Å². The van der Waals surface area contributed by atoms with Gasteiger partial charge in [0.25, 0.3) is 0 Å². The summed E-state index contributed by atoms with van der Waals surface area (Å²) < 4.78 is 5.55. The Bertz CT molecular complexity index is 312. The summed E-state index contributed by atoms with van der Waals surface area (Å²) >= 11 is 0. The third-order valence-electron chi connectivity index (χ3n) is 2.23. The van der Waals surface area contributed by atoms with E-state index in [1.165, 1.54) is 5.06 Å². The molecule has 0 atom stereocenters. The molecule has 2 rings (SSSR count). The van der Waals surface area contributed by atoms with E-state index in [1.54, 1.807) is 0 Å². The monoisotopic (exact) mass is 179 g/mol. The highest BCUT2D eigenvalue weighted by molar-refractivity contribution is 5.60. The quantitative estimate of drug-likeness (QED) is 0.661. The van der Waals surface area contributed by atoms with Gasteiger partial charge in [-0.25, -0.2) is 0 Å². The van der Waals surface area contributed by atoms with Crippen molar-refractivity contribution in [2.45, 2.75) is 13.3 Å². The van der Waals surface area contributed by atoms with E-state index in [9.17, 15) is 5.21 Å². The van der Waals surface area contributed by atoms with E-state index in [1.807, 2.05) is 25.1 Å². The summed E-state index contributed by atoms with van der Waals surface area (Å²) in [6, 6.07) is 5.78. The van der Waals surface area contributed by atoms with Crippen LogP contribution in [0.5, 0.6) is 5.75 Å². The van der Waals surface area contributed by atoms with Crippen molar-refractivity contribution in [2.75, 3.05) is 18.2 Å². The fraction of sp³-hybridized carbons (Fsp3) is 0.400. The largest absolute Gasteiger partial charge is 0.491 e. The lowest BCUT2D eigenvalue weighted by Crippen LogP contribution is -2.18. The van der Waals surface area contributed by atoms with E-state index < -0.39 is 0 Å². The number of benzene rings is 1. The predicted octanol–water partition coefficient (Wildman–Crippen LogP) is 1.97. The number of nitrogens with zero attached hydrogens (tertiary/aromatic N) is 1. The van der Waals surface area contributed by atoms with Gasteiger partial charge in [0.2, 0.25) is 0 Å². The predicted molar refractivity (Wildman–Crippen MR) is 50.4 cm³/mol. The van der Waals surface area contributed by atoms with E-state index in [0.29, 0.717) is 13.2 Å². The fourth-order valence-electron chi connectivity index (χ4n) is 1.54. The number of hydroxylamine groups is 1. The first-order chi connectivity index (χ1) is 6.29. The average molecular weight is 179 g/mol. The van der Waals surface area contributed by atoms with Crippen molar-refractivity contribution in [3.05, 3.63) is 23.8 Å². The molecule has 1 N–H and O–H groups in total. The van der Waals surface area contributed by atoms with Crippen LogP contribution in [0.2, 0.25) is 0 Å². The van der Waals surface area contributed by atoms with Gasteiger partial charge in [0.05, 0.1) is 6.61 Å². The highest BCUT2D eigenvalue weighted by Gasteiger charge is 2.15. The lowest BCUT2D eigenvalue weighted by Gasteiger charge is -2.16. The zero-order valence-electron chi connectivity index (χ0n) is 7.66. The van der Waals surface area contributed by atoms with Crippen LogP contribution in [0, 0.1) is 6.92 Å². The summed E-state index contributed by atoms with van der Waals surface area (Å²) in [5, 5.41) is 10.9. The van der Waals surface area contributed by atoms with Crippen molar-refractivity contribution < 1.29 is 9.94 Å². The van der Waals surface area contributed by atoms with E-state index >= 15 is 0 Å². The molecule has 1 aliphatic heterocycles. The summed E-state index contributed by atoms with van der Waals surface area (Å²) in [6.07, 6.45) is 0.852. The molecule has 0 radical (unpaired) electrons. The molecule has 0 aliphatic carbocycles. The number of hydrogen-bond acceptors (Lipinski definition) is 3. The normalized spacial score (nSPS) is 16.0. The molecule has 3 heteroatoms. The molecule has 1 aromatic rings. The van der Waals surface area contributed by atoms with Gasteiger partial charge in [-0.05, 0) is 18.6 Å². The lowest BCUT2D eigenvalue weighted by atomic mass is 10.2. The molecule has 13 heavy (non-hydrogen) atoms.